The zero-order valence-corrected chi connectivity index (χ0v) is 15.8. The Kier molecular flexibility index (Phi) is 10.9. The molecule has 7 heteroatoms. The quantitative estimate of drug-likeness (QED) is 0.268. The Balaban J connectivity index is 0.00000264. The third-order valence-electron chi connectivity index (χ3n) is 3.47. The molecule has 1 unspecified atom stereocenters. The first-order valence-electron chi connectivity index (χ1n) is 7.97. The molecule has 1 saturated heterocycles. The highest BCUT2D eigenvalue weighted by atomic mass is 127. The second-order valence-corrected chi connectivity index (χ2v) is 5.33. The van der Waals surface area contributed by atoms with Gasteiger partial charge >= 0.3 is 0 Å². The van der Waals surface area contributed by atoms with Crippen molar-refractivity contribution in [3.63, 3.8) is 0 Å². The third kappa shape index (κ3) is 9.07. The first-order chi connectivity index (χ1) is 10.8. The number of ether oxygens (including phenoxy) is 2. The minimum atomic E-state index is 0. The summed E-state index contributed by atoms with van der Waals surface area (Å²) < 4.78 is 11.1. The van der Waals surface area contributed by atoms with Crippen LogP contribution >= 0.6 is 24.0 Å². The first kappa shape index (κ1) is 20.1. The van der Waals surface area contributed by atoms with Gasteiger partial charge in [-0.05, 0) is 31.4 Å². The zero-order valence-electron chi connectivity index (χ0n) is 13.4. The summed E-state index contributed by atoms with van der Waals surface area (Å²) in [5, 5.41) is 3.09. The molecule has 0 aromatic carbocycles. The summed E-state index contributed by atoms with van der Waals surface area (Å²) in [5.74, 6) is 0.482. The van der Waals surface area contributed by atoms with E-state index in [1.807, 2.05) is 18.2 Å². The Morgan fingerprint density at radius 2 is 2.39 bits per heavy atom. The molecule has 0 amide bonds. The van der Waals surface area contributed by atoms with Gasteiger partial charge in [0.25, 0.3) is 0 Å². The van der Waals surface area contributed by atoms with Crippen molar-refractivity contribution in [1.29, 1.82) is 0 Å². The van der Waals surface area contributed by atoms with Gasteiger partial charge in [0, 0.05) is 44.6 Å². The van der Waals surface area contributed by atoms with E-state index >= 15 is 0 Å². The van der Waals surface area contributed by atoms with Crippen LogP contribution in [-0.2, 0) is 15.9 Å². The molecule has 6 nitrogen and oxygen atoms in total. The van der Waals surface area contributed by atoms with Gasteiger partial charge in [0.1, 0.15) is 0 Å². The van der Waals surface area contributed by atoms with E-state index in [0.717, 1.165) is 44.5 Å². The Morgan fingerprint density at radius 3 is 3.13 bits per heavy atom. The number of aliphatic imine (C=N–C) groups is 1. The van der Waals surface area contributed by atoms with Crippen LogP contribution < -0.4 is 11.1 Å². The van der Waals surface area contributed by atoms with Crippen molar-refractivity contribution in [2.45, 2.75) is 31.8 Å². The van der Waals surface area contributed by atoms with Crippen molar-refractivity contribution < 1.29 is 9.47 Å². The molecule has 1 aromatic rings. The second-order valence-electron chi connectivity index (χ2n) is 5.33. The number of nitrogens with zero attached hydrogens (tertiary/aromatic N) is 2. The number of nitrogens with two attached hydrogens (primary N) is 1. The molecule has 2 rings (SSSR count). The third-order valence-corrected chi connectivity index (χ3v) is 3.47. The van der Waals surface area contributed by atoms with E-state index in [4.69, 9.17) is 15.2 Å². The van der Waals surface area contributed by atoms with E-state index in [0.29, 0.717) is 31.8 Å². The molecular weight excluding hydrogens is 407 g/mol. The number of hydrogen-bond acceptors (Lipinski definition) is 4. The smallest absolute Gasteiger partial charge is 0.188 e. The van der Waals surface area contributed by atoms with E-state index in [-0.39, 0.29) is 24.0 Å². The Hall–Kier alpha value is -0.930. The summed E-state index contributed by atoms with van der Waals surface area (Å²) >= 11 is 0. The van der Waals surface area contributed by atoms with E-state index in [1.165, 1.54) is 0 Å². The van der Waals surface area contributed by atoms with Gasteiger partial charge in [-0.1, -0.05) is 6.07 Å². The van der Waals surface area contributed by atoms with Crippen LogP contribution in [0, 0.1) is 0 Å². The maximum absolute atomic E-state index is 5.81. The number of rotatable bonds is 9. The topological polar surface area (TPSA) is 81.8 Å². The van der Waals surface area contributed by atoms with E-state index in [1.54, 1.807) is 6.20 Å². The predicted octanol–water partition coefficient (Wildman–Crippen LogP) is 1.73. The highest BCUT2D eigenvalue weighted by molar-refractivity contribution is 14.0. The van der Waals surface area contributed by atoms with Gasteiger partial charge in [-0.2, -0.15) is 0 Å². The van der Waals surface area contributed by atoms with Crippen LogP contribution in [0.5, 0.6) is 0 Å². The number of hydrogen-bond donors (Lipinski definition) is 2. The number of guanidine groups is 1. The minimum absolute atomic E-state index is 0. The monoisotopic (exact) mass is 434 g/mol. The van der Waals surface area contributed by atoms with Gasteiger partial charge in [0.2, 0.25) is 0 Å². The molecule has 0 bridgehead atoms. The fourth-order valence-electron chi connectivity index (χ4n) is 2.28. The molecule has 1 aliphatic heterocycles. The normalized spacial score (nSPS) is 17.7. The molecule has 0 saturated carbocycles. The van der Waals surface area contributed by atoms with Crippen molar-refractivity contribution in [3.8, 4) is 0 Å². The molecule has 1 fully saturated rings. The molecule has 3 N–H and O–H groups in total. The van der Waals surface area contributed by atoms with Gasteiger partial charge in [0.05, 0.1) is 12.7 Å². The summed E-state index contributed by atoms with van der Waals surface area (Å²) in [6, 6.07) is 5.89. The average molecular weight is 434 g/mol. The maximum atomic E-state index is 5.81. The predicted molar refractivity (Wildman–Crippen MR) is 102 cm³/mol. The van der Waals surface area contributed by atoms with E-state index in [2.05, 4.69) is 15.3 Å². The van der Waals surface area contributed by atoms with Crippen LogP contribution in [-0.4, -0.2) is 50.0 Å². The number of nitrogens with one attached hydrogen (secondary N) is 1. The second kappa shape index (κ2) is 12.5. The molecule has 23 heavy (non-hydrogen) atoms. The summed E-state index contributed by atoms with van der Waals surface area (Å²) in [6.45, 7) is 3.68. The highest BCUT2D eigenvalue weighted by Gasteiger charge is 2.14. The molecule has 2 heterocycles. The van der Waals surface area contributed by atoms with Gasteiger partial charge in [-0.15, -0.1) is 24.0 Å². The van der Waals surface area contributed by atoms with Crippen molar-refractivity contribution in [2.24, 2.45) is 10.7 Å². The van der Waals surface area contributed by atoms with Crippen LogP contribution in [0.4, 0.5) is 0 Å². The molecular formula is C16H27IN4O2. The fourth-order valence-corrected chi connectivity index (χ4v) is 2.28. The standard InChI is InChI=1S/C16H26N4O2.HI/c17-16(20-10-7-14-5-1-2-8-18-14)19-9-4-11-21-13-15-6-3-12-22-15;/h1-2,5,8,15H,3-4,6-7,9-13H2,(H3,17,19,20);1H. The largest absolute Gasteiger partial charge is 0.379 e. The fraction of sp³-hybridized carbons (Fsp3) is 0.625. The van der Waals surface area contributed by atoms with Gasteiger partial charge < -0.3 is 20.5 Å². The van der Waals surface area contributed by atoms with Crippen LogP contribution in [0.2, 0.25) is 0 Å². The molecule has 130 valence electrons. The van der Waals surface area contributed by atoms with E-state index < -0.39 is 0 Å². The molecule has 1 atom stereocenters. The summed E-state index contributed by atoms with van der Waals surface area (Å²) in [4.78, 5) is 8.53. The average Bonchev–Trinajstić information content (AvgIpc) is 3.05. The van der Waals surface area contributed by atoms with Crippen LogP contribution in [0.25, 0.3) is 0 Å². The summed E-state index contributed by atoms with van der Waals surface area (Å²) in [7, 11) is 0. The lowest BCUT2D eigenvalue weighted by Crippen LogP contribution is -2.33. The van der Waals surface area contributed by atoms with Crippen molar-refractivity contribution in [2.75, 3.05) is 32.9 Å². The first-order valence-corrected chi connectivity index (χ1v) is 7.97. The van der Waals surface area contributed by atoms with Crippen molar-refractivity contribution >= 4 is 29.9 Å². The molecule has 0 spiro atoms. The lowest BCUT2D eigenvalue weighted by Gasteiger charge is -2.09. The van der Waals surface area contributed by atoms with Gasteiger partial charge in [-0.3, -0.25) is 9.98 Å². The molecule has 1 aromatic heterocycles. The number of pyridine rings is 1. The SMILES string of the molecule is I.NC(=NCCCOCC1CCCO1)NCCc1ccccn1. The molecule has 0 aliphatic carbocycles. The van der Waals surface area contributed by atoms with Gasteiger partial charge in [0.15, 0.2) is 5.96 Å². The van der Waals surface area contributed by atoms with E-state index in [9.17, 15) is 0 Å². The van der Waals surface area contributed by atoms with Crippen LogP contribution in [0.15, 0.2) is 29.4 Å². The summed E-state index contributed by atoms with van der Waals surface area (Å²) in [5.41, 5.74) is 6.86. The Morgan fingerprint density at radius 1 is 1.48 bits per heavy atom. The van der Waals surface area contributed by atoms with Gasteiger partial charge in [-0.25, -0.2) is 0 Å². The molecule has 0 radical (unpaired) electrons. The maximum Gasteiger partial charge on any atom is 0.188 e. The number of halogens is 1. The summed E-state index contributed by atoms with van der Waals surface area (Å²) in [6.07, 6.45) is 6.06. The van der Waals surface area contributed by atoms with Crippen molar-refractivity contribution in [1.82, 2.24) is 10.3 Å². The van der Waals surface area contributed by atoms with Crippen molar-refractivity contribution in [3.05, 3.63) is 30.1 Å². The van der Waals surface area contributed by atoms with Crippen LogP contribution in [0.1, 0.15) is 25.0 Å². The minimum Gasteiger partial charge on any atom is -0.379 e. The Labute approximate surface area is 155 Å². The number of aromatic nitrogens is 1. The Bertz CT molecular complexity index is 439. The highest BCUT2D eigenvalue weighted by Crippen LogP contribution is 2.11. The molecule has 1 aliphatic rings. The zero-order chi connectivity index (χ0) is 15.5. The lowest BCUT2D eigenvalue weighted by atomic mass is 10.2. The lowest BCUT2D eigenvalue weighted by molar-refractivity contribution is 0.0171. The van der Waals surface area contributed by atoms with Crippen LogP contribution in [0.3, 0.4) is 0 Å².